The van der Waals surface area contributed by atoms with Gasteiger partial charge in [0.25, 0.3) is 10.0 Å². The van der Waals surface area contributed by atoms with Crippen molar-refractivity contribution < 1.29 is 17.9 Å². The molecule has 2 aromatic heterocycles. The maximum absolute atomic E-state index is 13.9. The van der Waals surface area contributed by atoms with Gasteiger partial charge in [-0.1, -0.05) is 6.07 Å². The first kappa shape index (κ1) is 28.1. The van der Waals surface area contributed by atoms with E-state index in [1.807, 2.05) is 23.7 Å². The number of rotatable bonds is 8. The zero-order chi connectivity index (χ0) is 28.2. The standard InChI is InChI=1S/C27H33N7O4S/c1-27(2,3)38-26(35)31-11-12-34(39(36,37)25-7-5-6-10-30-25)22-14-21-13-20(15-28)8-9-24(21)33(17-22)18-23-16-29-19-32(23)4/h5-10,13,16,19,22H,11-12,14,17-18H2,1-4H3,(H,31,35). The highest BCUT2D eigenvalue weighted by atomic mass is 32.2. The van der Waals surface area contributed by atoms with Crippen LogP contribution in [-0.2, 0) is 34.8 Å². The SMILES string of the molecule is Cn1cncc1CN1CC(N(CCNC(=O)OC(C)(C)C)S(=O)(=O)c2ccccn2)Cc2cc(C#N)ccc21. The lowest BCUT2D eigenvalue weighted by Gasteiger charge is -2.40. The summed E-state index contributed by atoms with van der Waals surface area (Å²) in [6.07, 6.45) is 4.71. The van der Waals surface area contributed by atoms with Crippen LogP contribution < -0.4 is 10.2 Å². The highest BCUT2D eigenvalue weighted by Crippen LogP contribution is 2.32. The minimum atomic E-state index is -4.02. The summed E-state index contributed by atoms with van der Waals surface area (Å²) in [5.74, 6) is 0. The van der Waals surface area contributed by atoms with Crippen molar-refractivity contribution >= 4 is 21.8 Å². The van der Waals surface area contributed by atoms with E-state index in [0.29, 0.717) is 25.1 Å². The van der Waals surface area contributed by atoms with E-state index in [1.165, 1.54) is 16.6 Å². The van der Waals surface area contributed by atoms with Gasteiger partial charge in [-0.05, 0) is 63.1 Å². The normalized spacial score (nSPS) is 15.5. The van der Waals surface area contributed by atoms with Crippen LogP contribution in [0.3, 0.4) is 0 Å². The number of nitrogens with zero attached hydrogens (tertiary/aromatic N) is 6. The van der Waals surface area contributed by atoms with Gasteiger partial charge in [-0.3, -0.25) is 0 Å². The van der Waals surface area contributed by atoms with Crippen molar-refractivity contribution in [1.29, 1.82) is 5.26 Å². The third kappa shape index (κ3) is 6.74. The van der Waals surface area contributed by atoms with Crippen LogP contribution >= 0.6 is 0 Å². The molecule has 0 saturated carbocycles. The monoisotopic (exact) mass is 551 g/mol. The third-order valence-corrected chi connectivity index (χ3v) is 8.19. The van der Waals surface area contributed by atoms with Crippen LogP contribution in [0.2, 0.25) is 0 Å². The van der Waals surface area contributed by atoms with Crippen LogP contribution in [0.5, 0.6) is 0 Å². The molecule has 1 amide bonds. The topological polar surface area (TPSA) is 133 Å². The number of hydrogen-bond acceptors (Lipinski definition) is 8. The Kier molecular flexibility index (Phi) is 8.22. The Bertz CT molecular complexity index is 1460. The predicted molar refractivity (Wildman–Crippen MR) is 145 cm³/mol. The Morgan fingerprint density at radius 2 is 2.08 bits per heavy atom. The summed E-state index contributed by atoms with van der Waals surface area (Å²) < 4.78 is 36.4. The molecule has 1 N–H and O–H groups in total. The van der Waals surface area contributed by atoms with Gasteiger partial charge in [0.05, 0.1) is 30.2 Å². The number of pyridine rings is 1. The maximum Gasteiger partial charge on any atom is 0.407 e. The molecule has 12 heteroatoms. The summed E-state index contributed by atoms with van der Waals surface area (Å²) in [4.78, 5) is 22.7. The minimum absolute atomic E-state index is 0.00956. The van der Waals surface area contributed by atoms with E-state index in [1.54, 1.807) is 51.5 Å². The van der Waals surface area contributed by atoms with Crippen LogP contribution in [-0.4, -0.2) is 64.6 Å². The smallest absolute Gasteiger partial charge is 0.407 e. The fourth-order valence-electron chi connectivity index (χ4n) is 4.57. The van der Waals surface area contributed by atoms with Crippen molar-refractivity contribution in [3.63, 3.8) is 0 Å². The van der Waals surface area contributed by atoms with E-state index in [-0.39, 0.29) is 18.1 Å². The van der Waals surface area contributed by atoms with E-state index in [2.05, 4.69) is 26.3 Å². The van der Waals surface area contributed by atoms with Gasteiger partial charge in [0, 0.05) is 50.8 Å². The van der Waals surface area contributed by atoms with Gasteiger partial charge in [-0.15, -0.1) is 0 Å². The second-order valence-corrected chi connectivity index (χ2v) is 12.2. The molecule has 11 nitrogen and oxygen atoms in total. The second kappa shape index (κ2) is 11.4. The molecule has 0 saturated heterocycles. The quantitative estimate of drug-likeness (QED) is 0.452. The van der Waals surface area contributed by atoms with Gasteiger partial charge >= 0.3 is 6.09 Å². The largest absolute Gasteiger partial charge is 0.444 e. The number of ether oxygens (including phenoxy) is 1. The molecule has 1 aliphatic rings. The second-order valence-electron chi connectivity index (χ2n) is 10.4. The van der Waals surface area contributed by atoms with E-state index < -0.39 is 27.8 Å². The number of nitriles is 1. The number of aryl methyl sites for hydroxylation is 1. The van der Waals surface area contributed by atoms with Crippen molar-refractivity contribution in [2.75, 3.05) is 24.5 Å². The van der Waals surface area contributed by atoms with Crippen molar-refractivity contribution in [3.8, 4) is 6.07 Å². The minimum Gasteiger partial charge on any atom is -0.444 e. The molecular weight excluding hydrogens is 518 g/mol. The van der Waals surface area contributed by atoms with E-state index in [9.17, 15) is 18.5 Å². The summed E-state index contributed by atoms with van der Waals surface area (Å²) in [6, 6.07) is 11.9. The average Bonchev–Trinajstić information content (AvgIpc) is 3.29. The van der Waals surface area contributed by atoms with Gasteiger partial charge in [0.2, 0.25) is 0 Å². The summed E-state index contributed by atoms with van der Waals surface area (Å²) in [5, 5.41) is 12.1. The summed E-state index contributed by atoms with van der Waals surface area (Å²) >= 11 is 0. The maximum atomic E-state index is 13.9. The molecule has 1 atom stereocenters. The zero-order valence-electron chi connectivity index (χ0n) is 22.5. The number of hydrogen-bond donors (Lipinski definition) is 1. The summed E-state index contributed by atoms with van der Waals surface area (Å²) in [5.41, 5.74) is 2.58. The van der Waals surface area contributed by atoms with Gasteiger partial charge in [0.15, 0.2) is 5.03 Å². The summed E-state index contributed by atoms with van der Waals surface area (Å²) in [7, 11) is -2.12. The van der Waals surface area contributed by atoms with Crippen LogP contribution in [0, 0.1) is 11.3 Å². The number of carbonyl (C=O) groups is 1. The fourth-order valence-corrected chi connectivity index (χ4v) is 6.12. The zero-order valence-corrected chi connectivity index (χ0v) is 23.4. The molecular formula is C27H33N7O4S. The van der Waals surface area contributed by atoms with Crippen LogP contribution in [0.1, 0.15) is 37.6 Å². The predicted octanol–water partition coefficient (Wildman–Crippen LogP) is 2.83. The first-order valence-corrected chi connectivity index (χ1v) is 14.0. The molecule has 206 valence electrons. The number of carbonyl (C=O) groups excluding carboxylic acids is 1. The molecule has 39 heavy (non-hydrogen) atoms. The van der Waals surface area contributed by atoms with Gasteiger partial charge in [0.1, 0.15) is 5.60 Å². The Labute approximate surface area is 229 Å². The molecule has 0 bridgehead atoms. The van der Waals surface area contributed by atoms with E-state index in [4.69, 9.17) is 4.74 Å². The number of fused-ring (bicyclic) bond motifs is 1. The highest BCUT2D eigenvalue weighted by Gasteiger charge is 2.37. The number of benzene rings is 1. The Morgan fingerprint density at radius 1 is 1.28 bits per heavy atom. The first-order valence-electron chi connectivity index (χ1n) is 12.6. The molecule has 0 fully saturated rings. The number of aromatic nitrogens is 3. The van der Waals surface area contributed by atoms with Crippen LogP contribution in [0.15, 0.2) is 60.1 Å². The first-order chi connectivity index (χ1) is 18.5. The van der Waals surface area contributed by atoms with Gasteiger partial charge < -0.3 is 19.5 Å². The average molecular weight is 552 g/mol. The fraction of sp³-hybridized carbons (Fsp3) is 0.407. The van der Waals surface area contributed by atoms with E-state index in [0.717, 1.165) is 16.9 Å². The molecule has 3 aromatic rings. The Balaban J connectivity index is 1.67. The molecule has 1 aliphatic heterocycles. The van der Waals surface area contributed by atoms with Crippen molar-refractivity contribution in [1.82, 2.24) is 24.2 Å². The third-order valence-electron chi connectivity index (χ3n) is 6.32. The number of anilines is 1. The molecule has 0 spiro atoms. The lowest BCUT2D eigenvalue weighted by atomic mass is 9.95. The summed E-state index contributed by atoms with van der Waals surface area (Å²) in [6.45, 7) is 6.23. The lowest BCUT2D eigenvalue weighted by Crippen LogP contribution is -2.52. The lowest BCUT2D eigenvalue weighted by molar-refractivity contribution is 0.0524. The molecule has 0 radical (unpaired) electrons. The van der Waals surface area contributed by atoms with Crippen molar-refractivity contribution in [3.05, 3.63) is 71.9 Å². The number of sulfonamides is 1. The number of imidazole rings is 1. The number of amides is 1. The van der Waals surface area contributed by atoms with Crippen LogP contribution in [0.4, 0.5) is 10.5 Å². The van der Waals surface area contributed by atoms with Crippen LogP contribution in [0.25, 0.3) is 0 Å². The molecule has 3 heterocycles. The molecule has 1 aromatic carbocycles. The number of nitrogens with one attached hydrogen (secondary N) is 1. The van der Waals surface area contributed by atoms with Gasteiger partial charge in [-0.25, -0.2) is 23.2 Å². The Hall–Kier alpha value is -3.95. The number of alkyl carbamates (subject to hydrolysis) is 1. The Morgan fingerprint density at radius 3 is 2.72 bits per heavy atom. The molecule has 1 unspecified atom stereocenters. The molecule has 4 rings (SSSR count). The molecule has 0 aliphatic carbocycles. The van der Waals surface area contributed by atoms with Crippen molar-refractivity contribution in [2.24, 2.45) is 7.05 Å². The van der Waals surface area contributed by atoms with Gasteiger partial charge in [-0.2, -0.15) is 9.57 Å². The van der Waals surface area contributed by atoms with Crippen molar-refractivity contribution in [2.45, 2.75) is 50.4 Å². The van der Waals surface area contributed by atoms with E-state index >= 15 is 0 Å². The highest BCUT2D eigenvalue weighted by molar-refractivity contribution is 7.89.